The van der Waals surface area contributed by atoms with Crippen LogP contribution in [0.2, 0.25) is 5.02 Å². The third-order valence-electron chi connectivity index (χ3n) is 2.66. The second kappa shape index (κ2) is 6.21. The lowest BCUT2D eigenvalue weighted by Gasteiger charge is -2.03. The van der Waals surface area contributed by atoms with Gasteiger partial charge in [-0.25, -0.2) is 4.79 Å². The summed E-state index contributed by atoms with van der Waals surface area (Å²) in [6, 6.07) is 13.0. The van der Waals surface area contributed by atoms with E-state index in [9.17, 15) is 9.59 Å². The van der Waals surface area contributed by atoms with Crippen molar-refractivity contribution in [1.29, 1.82) is 0 Å². The molecule has 0 fully saturated rings. The number of ether oxygens (including phenoxy) is 1. The Hall–Kier alpha value is -2.33. The van der Waals surface area contributed by atoms with Crippen LogP contribution < -0.4 is 4.74 Å². The maximum atomic E-state index is 12.0. The molecule has 0 amide bonds. The van der Waals surface area contributed by atoms with Gasteiger partial charge in [0, 0.05) is 17.0 Å². The standard InChI is InChI=1S/C15H11ClO4/c16-12-5-1-10(2-6-12)9-14(17)11-3-7-13(8-4-11)20-15(18)19/h1-8H,9H2,(H,18,19). The summed E-state index contributed by atoms with van der Waals surface area (Å²) in [5.41, 5.74) is 1.36. The summed E-state index contributed by atoms with van der Waals surface area (Å²) < 4.78 is 4.47. The molecule has 20 heavy (non-hydrogen) atoms. The Morgan fingerprint density at radius 1 is 1.00 bits per heavy atom. The van der Waals surface area contributed by atoms with Gasteiger partial charge in [0.25, 0.3) is 0 Å². The maximum absolute atomic E-state index is 12.0. The number of benzene rings is 2. The van der Waals surface area contributed by atoms with Crippen molar-refractivity contribution < 1.29 is 19.4 Å². The molecule has 0 bridgehead atoms. The average Bonchev–Trinajstić information content (AvgIpc) is 2.41. The minimum absolute atomic E-state index is 0.0609. The van der Waals surface area contributed by atoms with Crippen molar-refractivity contribution in [2.24, 2.45) is 0 Å². The van der Waals surface area contributed by atoms with Gasteiger partial charge in [-0.2, -0.15) is 0 Å². The number of ketones is 1. The van der Waals surface area contributed by atoms with E-state index < -0.39 is 6.16 Å². The summed E-state index contributed by atoms with van der Waals surface area (Å²) in [5, 5.41) is 9.08. The average molecular weight is 291 g/mol. The van der Waals surface area contributed by atoms with E-state index in [1.54, 1.807) is 24.3 Å². The summed E-state index contributed by atoms with van der Waals surface area (Å²) >= 11 is 5.78. The molecule has 2 rings (SSSR count). The van der Waals surface area contributed by atoms with Crippen LogP contribution >= 0.6 is 11.6 Å². The number of hydrogen-bond donors (Lipinski definition) is 1. The predicted octanol–water partition coefficient (Wildman–Crippen LogP) is 3.82. The van der Waals surface area contributed by atoms with Gasteiger partial charge in [-0.1, -0.05) is 23.7 Å². The molecular formula is C15H11ClO4. The molecule has 4 nitrogen and oxygen atoms in total. The first-order valence-electron chi connectivity index (χ1n) is 5.83. The highest BCUT2D eigenvalue weighted by atomic mass is 35.5. The molecule has 0 aliphatic heterocycles. The van der Waals surface area contributed by atoms with Crippen molar-refractivity contribution in [2.45, 2.75) is 6.42 Å². The molecular weight excluding hydrogens is 280 g/mol. The monoisotopic (exact) mass is 290 g/mol. The summed E-state index contributed by atoms with van der Waals surface area (Å²) in [4.78, 5) is 22.4. The van der Waals surface area contributed by atoms with Gasteiger partial charge in [-0.15, -0.1) is 0 Å². The van der Waals surface area contributed by atoms with Crippen LogP contribution in [-0.2, 0) is 6.42 Å². The Morgan fingerprint density at radius 3 is 2.15 bits per heavy atom. The number of Topliss-reactive ketones (excluding diaryl/α,β-unsaturated/α-hetero) is 1. The second-order valence-electron chi connectivity index (χ2n) is 4.12. The first-order valence-corrected chi connectivity index (χ1v) is 6.21. The van der Waals surface area contributed by atoms with E-state index in [1.165, 1.54) is 24.3 Å². The van der Waals surface area contributed by atoms with E-state index in [1.807, 2.05) is 0 Å². The lowest BCUT2D eigenvalue weighted by Crippen LogP contribution is -2.05. The van der Waals surface area contributed by atoms with Gasteiger partial charge in [0.2, 0.25) is 0 Å². The van der Waals surface area contributed by atoms with Crippen LogP contribution in [0.1, 0.15) is 15.9 Å². The van der Waals surface area contributed by atoms with Crippen molar-refractivity contribution in [3.05, 3.63) is 64.7 Å². The normalized spacial score (nSPS) is 10.1. The van der Waals surface area contributed by atoms with Gasteiger partial charge in [0.15, 0.2) is 5.78 Å². The molecule has 0 unspecified atom stereocenters. The SMILES string of the molecule is O=C(O)Oc1ccc(C(=O)Cc2ccc(Cl)cc2)cc1. The fraction of sp³-hybridized carbons (Fsp3) is 0.0667. The number of hydrogen-bond acceptors (Lipinski definition) is 3. The third-order valence-corrected chi connectivity index (χ3v) is 2.91. The predicted molar refractivity (Wildman–Crippen MR) is 74.6 cm³/mol. The quantitative estimate of drug-likeness (QED) is 0.528. The van der Waals surface area contributed by atoms with Crippen LogP contribution in [-0.4, -0.2) is 17.0 Å². The van der Waals surface area contributed by atoms with Gasteiger partial charge in [-0.05, 0) is 42.0 Å². The topological polar surface area (TPSA) is 63.6 Å². The zero-order valence-corrected chi connectivity index (χ0v) is 11.1. The molecule has 2 aromatic carbocycles. The lowest BCUT2D eigenvalue weighted by atomic mass is 10.0. The lowest BCUT2D eigenvalue weighted by molar-refractivity contribution is 0.0993. The van der Waals surface area contributed by atoms with Crippen LogP contribution in [0.4, 0.5) is 4.79 Å². The zero-order valence-electron chi connectivity index (χ0n) is 10.4. The number of carbonyl (C=O) groups excluding carboxylic acids is 1. The molecule has 0 radical (unpaired) electrons. The Kier molecular flexibility index (Phi) is 4.38. The molecule has 1 N–H and O–H groups in total. The molecule has 2 aromatic rings. The fourth-order valence-electron chi connectivity index (χ4n) is 1.70. The Balaban J connectivity index is 2.05. The zero-order chi connectivity index (χ0) is 14.5. The first kappa shape index (κ1) is 14.1. The highest BCUT2D eigenvalue weighted by Gasteiger charge is 2.08. The van der Waals surface area contributed by atoms with Crippen LogP contribution in [0.25, 0.3) is 0 Å². The maximum Gasteiger partial charge on any atom is 0.511 e. The summed E-state index contributed by atoms with van der Waals surface area (Å²) in [5.74, 6) is 0.120. The Bertz CT molecular complexity index is 617. The van der Waals surface area contributed by atoms with E-state index >= 15 is 0 Å². The largest absolute Gasteiger partial charge is 0.511 e. The minimum atomic E-state index is -1.38. The van der Waals surface area contributed by atoms with Gasteiger partial charge >= 0.3 is 6.16 Å². The van der Waals surface area contributed by atoms with E-state index in [-0.39, 0.29) is 18.0 Å². The summed E-state index contributed by atoms with van der Waals surface area (Å²) in [6.45, 7) is 0. The van der Waals surface area contributed by atoms with Crippen molar-refractivity contribution in [3.63, 3.8) is 0 Å². The summed E-state index contributed by atoms with van der Waals surface area (Å²) in [6.07, 6.45) is -1.12. The van der Waals surface area contributed by atoms with E-state index in [0.29, 0.717) is 10.6 Å². The first-order chi connectivity index (χ1) is 9.54. The van der Waals surface area contributed by atoms with Crippen LogP contribution in [0.15, 0.2) is 48.5 Å². The molecule has 0 spiro atoms. The molecule has 0 aromatic heterocycles. The second-order valence-corrected chi connectivity index (χ2v) is 4.56. The van der Waals surface area contributed by atoms with E-state index in [0.717, 1.165) is 5.56 Å². The van der Waals surface area contributed by atoms with Gasteiger partial charge < -0.3 is 9.84 Å². The molecule has 0 heterocycles. The van der Waals surface area contributed by atoms with Crippen molar-refractivity contribution in [2.75, 3.05) is 0 Å². The van der Waals surface area contributed by atoms with E-state index in [4.69, 9.17) is 16.7 Å². The van der Waals surface area contributed by atoms with Crippen LogP contribution in [0.5, 0.6) is 5.75 Å². The van der Waals surface area contributed by atoms with Crippen molar-refractivity contribution in [3.8, 4) is 5.75 Å². The molecule has 5 heteroatoms. The third kappa shape index (κ3) is 3.83. The highest BCUT2D eigenvalue weighted by Crippen LogP contribution is 2.15. The Labute approximate surface area is 120 Å². The van der Waals surface area contributed by atoms with Crippen molar-refractivity contribution in [1.82, 2.24) is 0 Å². The molecule has 0 aliphatic rings. The fourth-order valence-corrected chi connectivity index (χ4v) is 1.83. The number of carbonyl (C=O) groups is 2. The van der Waals surface area contributed by atoms with Gasteiger partial charge in [-0.3, -0.25) is 4.79 Å². The van der Waals surface area contributed by atoms with Crippen molar-refractivity contribution >= 4 is 23.5 Å². The smallest absolute Gasteiger partial charge is 0.449 e. The van der Waals surface area contributed by atoms with Crippen LogP contribution in [0, 0.1) is 0 Å². The van der Waals surface area contributed by atoms with Gasteiger partial charge in [0.1, 0.15) is 5.75 Å². The van der Waals surface area contributed by atoms with Crippen LogP contribution in [0.3, 0.4) is 0 Å². The van der Waals surface area contributed by atoms with Gasteiger partial charge in [0.05, 0.1) is 0 Å². The Morgan fingerprint density at radius 2 is 1.60 bits per heavy atom. The molecule has 0 atom stereocenters. The number of carboxylic acid groups (broad SMARTS) is 1. The number of halogens is 1. The molecule has 0 saturated heterocycles. The molecule has 102 valence electrons. The minimum Gasteiger partial charge on any atom is -0.449 e. The highest BCUT2D eigenvalue weighted by molar-refractivity contribution is 6.30. The van der Waals surface area contributed by atoms with E-state index in [2.05, 4.69) is 4.74 Å². The molecule has 0 aliphatic carbocycles. The molecule has 0 saturated carbocycles. The summed E-state index contributed by atoms with van der Waals surface area (Å²) in [7, 11) is 0. The number of rotatable bonds is 4.